The Hall–Kier alpha value is -1.36. The van der Waals surface area contributed by atoms with Gasteiger partial charge in [-0.15, -0.1) is 0 Å². The van der Waals surface area contributed by atoms with E-state index in [-0.39, 0.29) is 11.9 Å². The minimum atomic E-state index is -0.266. The van der Waals surface area contributed by atoms with E-state index in [1.54, 1.807) is 6.20 Å². The molecule has 1 aliphatic rings. The van der Waals surface area contributed by atoms with Gasteiger partial charge in [-0.25, -0.2) is 4.98 Å². The number of likely N-dealkylation sites (tertiary alicyclic amines) is 1. The fourth-order valence-electron chi connectivity index (χ4n) is 2.21. The highest BCUT2D eigenvalue weighted by Gasteiger charge is 2.24. The number of aromatic nitrogens is 2. The van der Waals surface area contributed by atoms with Gasteiger partial charge in [-0.05, 0) is 25.7 Å². The van der Waals surface area contributed by atoms with Crippen molar-refractivity contribution in [2.45, 2.75) is 38.3 Å². The Balaban J connectivity index is 1.66. The summed E-state index contributed by atoms with van der Waals surface area (Å²) in [5.74, 6) is 0.124. The summed E-state index contributed by atoms with van der Waals surface area (Å²) in [6.07, 6.45) is 9.53. The van der Waals surface area contributed by atoms with Gasteiger partial charge in [0.15, 0.2) is 0 Å². The van der Waals surface area contributed by atoms with Crippen LogP contribution in [0.5, 0.6) is 0 Å². The van der Waals surface area contributed by atoms with Crippen molar-refractivity contribution < 1.29 is 4.79 Å². The molecule has 1 unspecified atom stereocenters. The minimum absolute atomic E-state index is 0.124. The topological polar surface area (TPSA) is 64.2 Å². The van der Waals surface area contributed by atoms with Crippen LogP contribution in [0.15, 0.2) is 18.7 Å². The van der Waals surface area contributed by atoms with Crippen LogP contribution >= 0.6 is 0 Å². The van der Waals surface area contributed by atoms with Crippen molar-refractivity contribution in [1.82, 2.24) is 14.5 Å². The first-order chi connectivity index (χ1) is 8.27. The van der Waals surface area contributed by atoms with E-state index < -0.39 is 0 Å². The number of nitrogens with zero attached hydrogens (tertiary/aromatic N) is 3. The second kappa shape index (κ2) is 5.82. The number of piperidine rings is 1. The number of rotatable bonds is 5. The Morgan fingerprint density at radius 1 is 1.41 bits per heavy atom. The van der Waals surface area contributed by atoms with E-state index in [1.807, 2.05) is 17.4 Å². The highest BCUT2D eigenvalue weighted by molar-refractivity contribution is 5.82. The third-order valence-corrected chi connectivity index (χ3v) is 3.23. The summed E-state index contributed by atoms with van der Waals surface area (Å²) < 4.78 is 2.06. The average Bonchev–Trinajstić information content (AvgIpc) is 2.83. The first kappa shape index (κ1) is 12.1. The fourth-order valence-corrected chi connectivity index (χ4v) is 2.21. The van der Waals surface area contributed by atoms with Crippen LogP contribution in [-0.4, -0.2) is 39.5 Å². The normalized spacial score (nSPS) is 20.9. The zero-order valence-corrected chi connectivity index (χ0v) is 10.1. The van der Waals surface area contributed by atoms with E-state index in [2.05, 4.69) is 9.55 Å². The molecule has 0 radical (unpaired) electrons. The number of hydrogen-bond acceptors (Lipinski definition) is 3. The van der Waals surface area contributed by atoms with Gasteiger partial charge < -0.3 is 15.2 Å². The van der Waals surface area contributed by atoms with Gasteiger partial charge in [-0.1, -0.05) is 0 Å². The van der Waals surface area contributed by atoms with Crippen molar-refractivity contribution in [3.05, 3.63) is 18.7 Å². The number of carbonyl (C=O) groups is 1. The SMILES string of the molecule is NC1CCCN(CCCCn2ccnc2)C1=O. The summed E-state index contributed by atoms with van der Waals surface area (Å²) in [5, 5.41) is 0. The van der Waals surface area contributed by atoms with Gasteiger partial charge in [-0.3, -0.25) is 4.79 Å². The molecule has 0 aliphatic carbocycles. The Kier molecular flexibility index (Phi) is 4.14. The van der Waals surface area contributed by atoms with Crippen molar-refractivity contribution in [3.63, 3.8) is 0 Å². The zero-order valence-electron chi connectivity index (χ0n) is 10.1. The predicted molar refractivity (Wildman–Crippen MR) is 65.3 cm³/mol. The molecule has 1 aromatic heterocycles. The predicted octanol–water partition coefficient (Wildman–Crippen LogP) is 0.613. The molecule has 0 aromatic carbocycles. The molecule has 5 nitrogen and oxygen atoms in total. The van der Waals surface area contributed by atoms with Crippen LogP contribution in [0.4, 0.5) is 0 Å². The number of carbonyl (C=O) groups excluding carboxylic acids is 1. The summed E-state index contributed by atoms with van der Waals surface area (Å²) in [6, 6.07) is -0.266. The van der Waals surface area contributed by atoms with Crippen molar-refractivity contribution in [2.24, 2.45) is 5.73 Å². The van der Waals surface area contributed by atoms with Crippen molar-refractivity contribution >= 4 is 5.91 Å². The van der Waals surface area contributed by atoms with Crippen LogP contribution in [0.1, 0.15) is 25.7 Å². The van der Waals surface area contributed by atoms with Gasteiger partial charge in [0.25, 0.3) is 0 Å². The van der Waals surface area contributed by atoms with Gasteiger partial charge in [0.1, 0.15) is 0 Å². The largest absolute Gasteiger partial charge is 0.341 e. The monoisotopic (exact) mass is 236 g/mol. The number of unbranched alkanes of at least 4 members (excludes halogenated alkanes) is 1. The second-order valence-corrected chi connectivity index (χ2v) is 4.58. The molecule has 0 spiro atoms. The Labute approximate surface area is 102 Å². The zero-order chi connectivity index (χ0) is 12.1. The van der Waals surface area contributed by atoms with Crippen LogP contribution in [0.3, 0.4) is 0 Å². The number of hydrogen-bond donors (Lipinski definition) is 1. The maximum Gasteiger partial charge on any atom is 0.239 e. The summed E-state index contributed by atoms with van der Waals surface area (Å²) in [5.41, 5.74) is 5.75. The fraction of sp³-hybridized carbons (Fsp3) is 0.667. The van der Waals surface area contributed by atoms with Gasteiger partial charge >= 0.3 is 0 Å². The number of aryl methyl sites for hydroxylation is 1. The summed E-state index contributed by atoms with van der Waals surface area (Å²) in [6.45, 7) is 2.67. The van der Waals surface area contributed by atoms with Crippen molar-refractivity contribution in [1.29, 1.82) is 0 Å². The van der Waals surface area contributed by atoms with Gasteiger partial charge in [0, 0.05) is 32.0 Å². The molecule has 2 N–H and O–H groups in total. The van der Waals surface area contributed by atoms with E-state index in [0.717, 1.165) is 45.3 Å². The molecule has 5 heteroatoms. The van der Waals surface area contributed by atoms with Crippen LogP contribution in [0, 0.1) is 0 Å². The molecule has 2 rings (SSSR count). The third-order valence-electron chi connectivity index (χ3n) is 3.23. The lowest BCUT2D eigenvalue weighted by molar-refractivity contribution is -0.134. The summed E-state index contributed by atoms with van der Waals surface area (Å²) in [7, 11) is 0. The van der Waals surface area contributed by atoms with Crippen molar-refractivity contribution in [3.8, 4) is 0 Å². The second-order valence-electron chi connectivity index (χ2n) is 4.58. The molecule has 1 fully saturated rings. The number of imidazole rings is 1. The molecule has 1 saturated heterocycles. The highest BCUT2D eigenvalue weighted by atomic mass is 16.2. The Morgan fingerprint density at radius 2 is 2.24 bits per heavy atom. The maximum absolute atomic E-state index is 11.7. The first-order valence-electron chi connectivity index (χ1n) is 6.27. The van der Waals surface area contributed by atoms with E-state index in [4.69, 9.17) is 5.73 Å². The smallest absolute Gasteiger partial charge is 0.239 e. The molecule has 1 aromatic rings. The molecule has 1 amide bonds. The lowest BCUT2D eigenvalue weighted by Crippen LogP contribution is -2.48. The molecule has 0 bridgehead atoms. The van der Waals surface area contributed by atoms with Gasteiger partial charge in [0.2, 0.25) is 5.91 Å². The molecule has 17 heavy (non-hydrogen) atoms. The number of amides is 1. The molecular weight excluding hydrogens is 216 g/mol. The summed E-state index contributed by atoms with van der Waals surface area (Å²) >= 11 is 0. The molecule has 2 heterocycles. The van der Waals surface area contributed by atoms with E-state index >= 15 is 0 Å². The maximum atomic E-state index is 11.7. The molecule has 0 saturated carbocycles. The van der Waals surface area contributed by atoms with Crippen LogP contribution < -0.4 is 5.73 Å². The Bertz CT molecular complexity index is 349. The van der Waals surface area contributed by atoms with Crippen LogP contribution in [-0.2, 0) is 11.3 Å². The van der Waals surface area contributed by atoms with E-state index in [1.165, 1.54) is 0 Å². The Morgan fingerprint density at radius 3 is 3.00 bits per heavy atom. The molecule has 1 atom stereocenters. The van der Waals surface area contributed by atoms with E-state index in [0.29, 0.717) is 0 Å². The highest BCUT2D eigenvalue weighted by Crippen LogP contribution is 2.10. The molecular formula is C12H20N4O. The quantitative estimate of drug-likeness (QED) is 0.762. The lowest BCUT2D eigenvalue weighted by atomic mass is 10.1. The minimum Gasteiger partial charge on any atom is -0.341 e. The third kappa shape index (κ3) is 3.30. The van der Waals surface area contributed by atoms with Gasteiger partial charge in [0.05, 0.1) is 12.4 Å². The standard InChI is InChI=1S/C12H20N4O/c13-11-4-3-8-16(12(11)17)7-2-1-6-15-9-5-14-10-15/h5,9-11H,1-4,6-8,13H2. The first-order valence-corrected chi connectivity index (χ1v) is 6.27. The molecule has 1 aliphatic heterocycles. The number of nitrogens with two attached hydrogens (primary N) is 1. The van der Waals surface area contributed by atoms with Crippen molar-refractivity contribution in [2.75, 3.05) is 13.1 Å². The van der Waals surface area contributed by atoms with Crippen LogP contribution in [0.2, 0.25) is 0 Å². The van der Waals surface area contributed by atoms with Gasteiger partial charge in [-0.2, -0.15) is 0 Å². The summed E-state index contributed by atoms with van der Waals surface area (Å²) in [4.78, 5) is 17.6. The van der Waals surface area contributed by atoms with E-state index in [9.17, 15) is 4.79 Å². The van der Waals surface area contributed by atoms with Crippen LogP contribution in [0.25, 0.3) is 0 Å². The lowest BCUT2D eigenvalue weighted by Gasteiger charge is -2.30. The average molecular weight is 236 g/mol. The molecule has 94 valence electrons.